The van der Waals surface area contributed by atoms with E-state index >= 15 is 0 Å². The van der Waals surface area contributed by atoms with Crippen molar-refractivity contribution in [2.45, 2.75) is 32.2 Å². The Morgan fingerprint density at radius 2 is 1.78 bits per heavy atom. The van der Waals surface area contributed by atoms with Crippen LogP contribution in [0.25, 0.3) is 11.4 Å². The van der Waals surface area contributed by atoms with Gasteiger partial charge in [0.2, 0.25) is 5.75 Å². The minimum Gasteiger partial charge on any atom is -0.493 e. The lowest BCUT2D eigenvalue weighted by Gasteiger charge is -2.14. The number of anilines is 1. The van der Waals surface area contributed by atoms with Gasteiger partial charge < -0.3 is 24.1 Å². The van der Waals surface area contributed by atoms with E-state index in [0.29, 0.717) is 40.0 Å². The molecule has 0 spiro atoms. The molecule has 1 aliphatic rings. The molecule has 1 aromatic heterocycles. The molecule has 0 saturated carbocycles. The molecule has 1 amide bonds. The molecule has 2 heterocycles. The molecule has 3 aromatic rings. The highest BCUT2D eigenvalue weighted by Gasteiger charge is 2.25. The van der Waals surface area contributed by atoms with Crippen LogP contribution in [0, 0.1) is 5.82 Å². The van der Waals surface area contributed by atoms with Crippen LogP contribution in [0.15, 0.2) is 36.4 Å². The molecule has 0 bridgehead atoms. The molecule has 0 unspecified atom stereocenters. The second-order valence-electron chi connectivity index (χ2n) is 7.57. The van der Waals surface area contributed by atoms with Crippen molar-refractivity contribution >= 4 is 11.6 Å². The molecule has 168 valence electrons. The van der Waals surface area contributed by atoms with Gasteiger partial charge in [0.25, 0.3) is 5.91 Å². The van der Waals surface area contributed by atoms with E-state index in [0.717, 1.165) is 37.9 Å². The van der Waals surface area contributed by atoms with Crippen LogP contribution in [0.5, 0.6) is 17.2 Å². The highest BCUT2D eigenvalue weighted by Crippen LogP contribution is 2.40. The van der Waals surface area contributed by atoms with Crippen LogP contribution in [0.2, 0.25) is 0 Å². The first-order valence-electron chi connectivity index (χ1n) is 10.5. The third kappa shape index (κ3) is 4.12. The highest BCUT2D eigenvalue weighted by molar-refractivity contribution is 6.04. The number of hydrogen-bond donors (Lipinski definition) is 1. The number of aromatic nitrogens is 2. The van der Waals surface area contributed by atoms with E-state index in [2.05, 4.69) is 10.3 Å². The maximum absolute atomic E-state index is 13.9. The minimum atomic E-state index is -0.340. The van der Waals surface area contributed by atoms with Gasteiger partial charge in [0.05, 0.1) is 27.0 Å². The first kappa shape index (κ1) is 21.7. The summed E-state index contributed by atoms with van der Waals surface area (Å²) in [7, 11) is 4.56. The number of carbonyl (C=O) groups excluding carboxylic acids is 1. The third-order valence-electron chi connectivity index (χ3n) is 5.59. The molecule has 4 rings (SSSR count). The largest absolute Gasteiger partial charge is 0.493 e. The van der Waals surface area contributed by atoms with Gasteiger partial charge in [-0.1, -0.05) is 18.6 Å². The molecule has 0 atom stereocenters. The van der Waals surface area contributed by atoms with Crippen molar-refractivity contribution in [3.8, 4) is 28.6 Å². The van der Waals surface area contributed by atoms with Gasteiger partial charge in [0.15, 0.2) is 11.5 Å². The van der Waals surface area contributed by atoms with Crippen molar-refractivity contribution in [2.24, 2.45) is 0 Å². The molecule has 2 aromatic carbocycles. The maximum atomic E-state index is 13.9. The number of fused-ring (bicyclic) bond motifs is 1. The molecule has 7 nitrogen and oxygen atoms in total. The Morgan fingerprint density at radius 1 is 1.03 bits per heavy atom. The quantitative estimate of drug-likeness (QED) is 0.603. The van der Waals surface area contributed by atoms with Crippen molar-refractivity contribution in [2.75, 3.05) is 26.6 Å². The first-order valence-corrected chi connectivity index (χ1v) is 10.5. The van der Waals surface area contributed by atoms with Gasteiger partial charge in [0.1, 0.15) is 17.3 Å². The van der Waals surface area contributed by atoms with E-state index in [9.17, 15) is 9.18 Å². The smallest absolute Gasteiger partial charge is 0.276 e. The van der Waals surface area contributed by atoms with Crippen LogP contribution in [-0.4, -0.2) is 36.8 Å². The molecule has 0 saturated heterocycles. The summed E-state index contributed by atoms with van der Waals surface area (Å²) in [6.07, 6.45) is 3.76. The summed E-state index contributed by atoms with van der Waals surface area (Å²) in [5, 5.41) is 2.90. The number of amides is 1. The molecule has 0 fully saturated rings. The molecule has 0 radical (unpaired) electrons. The van der Waals surface area contributed by atoms with Gasteiger partial charge in [-0.3, -0.25) is 4.79 Å². The van der Waals surface area contributed by atoms with Crippen molar-refractivity contribution in [1.82, 2.24) is 9.55 Å². The number of benzene rings is 2. The Kier molecular flexibility index (Phi) is 6.30. The molecular formula is C24H26FN3O4. The Bertz CT molecular complexity index is 1120. The Labute approximate surface area is 186 Å². The topological polar surface area (TPSA) is 74.6 Å². The van der Waals surface area contributed by atoms with Crippen molar-refractivity contribution in [1.29, 1.82) is 0 Å². The molecule has 1 N–H and O–H groups in total. The van der Waals surface area contributed by atoms with Gasteiger partial charge in [-0.05, 0) is 31.4 Å². The second kappa shape index (κ2) is 9.30. The minimum absolute atomic E-state index is 0.336. The standard InChI is InChI=1S/C24H26FN3O4/c1-30-19-13-17(14-20(31-2)22(19)32-3)26-24(29)21-18-10-5-4-6-11-28(18)23(27-21)15-8-7-9-16(25)12-15/h7-9,12-14H,4-6,10-11H2,1-3H3,(H,26,29). The number of rotatable bonds is 6. The predicted molar refractivity (Wildman–Crippen MR) is 119 cm³/mol. The number of halogens is 1. The Balaban J connectivity index is 1.73. The van der Waals surface area contributed by atoms with E-state index in [1.54, 1.807) is 18.2 Å². The SMILES string of the molecule is COc1cc(NC(=O)c2nc(-c3cccc(F)c3)n3c2CCCCC3)cc(OC)c1OC. The first-order chi connectivity index (χ1) is 15.5. The number of methoxy groups -OCH3 is 3. The maximum Gasteiger partial charge on any atom is 0.276 e. The summed E-state index contributed by atoms with van der Waals surface area (Å²) < 4.78 is 32.0. The van der Waals surface area contributed by atoms with E-state index in [-0.39, 0.29) is 11.7 Å². The summed E-state index contributed by atoms with van der Waals surface area (Å²) >= 11 is 0. The van der Waals surface area contributed by atoms with Crippen LogP contribution in [-0.2, 0) is 13.0 Å². The average Bonchev–Trinajstić information content (AvgIpc) is 2.99. The second-order valence-corrected chi connectivity index (χ2v) is 7.57. The lowest BCUT2D eigenvalue weighted by atomic mass is 10.1. The number of nitrogens with zero attached hydrogens (tertiary/aromatic N) is 2. The molecular weight excluding hydrogens is 413 g/mol. The van der Waals surface area contributed by atoms with E-state index in [1.165, 1.54) is 33.5 Å². The summed E-state index contributed by atoms with van der Waals surface area (Å²) in [6.45, 7) is 0.742. The molecule has 0 aliphatic carbocycles. The van der Waals surface area contributed by atoms with E-state index in [1.807, 2.05) is 10.6 Å². The monoisotopic (exact) mass is 439 g/mol. The van der Waals surface area contributed by atoms with Gasteiger partial charge in [-0.15, -0.1) is 0 Å². The fraction of sp³-hybridized carbons (Fsp3) is 0.333. The highest BCUT2D eigenvalue weighted by atomic mass is 19.1. The Hall–Kier alpha value is -3.55. The van der Waals surface area contributed by atoms with Gasteiger partial charge >= 0.3 is 0 Å². The number of ether oxygens (including phenoxy) is 3. The van der Waals surface area contributed by atoms with Gasteiger partial charge in [-0.2, -0.15) is 0 Å². The van der Waals surface area contributed by atoms with Crippen molar-refractivity contribution in [3.63, 3.8) is 0 Å². The molecule has 32 heavy (non-hydrogen) atoms. The lowest BCUT2D eigenvalue weighted by Crippen LogP contribution is -2.15. The van der Waals surface area contributed by atoms with Gasteiger partial charge in [-0.25, -0.2) is 9.37 Å². The summed E-state index contributed by atoms with van der Waals surface area (Å²) in [5.74, 6) is 1.25. The van der Waals surface area contributed by atoms with Crippen molar-refractivity contribution in [3.05, 3.63) is 53.6 Å². The zero-order valence-electron chi connectivity index (χ0n) is 18.4. The zero-order chi connectivity index (χ0) is 22.7. The average molecular weight is 439 g/mol. The van der Waals surface area contributed by atoms with E-state index < -0.39 is 0 Å². The fourth-order valence-corrected chi connectivity index (χ4v) is 4.09. The number of hydrogen-bond acceptors (Lipinski definition) is 5. The molecule has 8 heteroatoms. The predicted octanol–water partition coefficient (Wildman–Crippen LogP) is 4.69. The summed E-state index contributed by atoms with van der Waals surface area (Å²) in [6, 6.07) is 9.64. The molecule has 1 aliphatic heterocycles. The van der Waals surface area contributed by atoms with Crippen LogP contribution >= 0.6 is 0 Å². The zero-order valence-corrected chi connectivity index (χ0v) is 18.4. The number of imidazole rings is 1. The Morgan fingerprint density at radius 3 is 2.44 bits per heavy atom. The van der Waals surface area contributed by atoms with Crippen LogP contribution < -0.4 is 19.5 Å². The number of nitrogens with one attached hydrogen (secondary N) is 1. The normalized spacial score (nSPS) is 13.1. The van der Waals surface area contributed by atoms with E-state index in [4.69, 9.17) is 14.2 Å². The van der Waals surface area contributed by atoms with Gasteiger partial charge in [0, 0.05) is 29.9 Å². The van der Waals surface area contributed by atoms with Crippen LogP contribution in [0.1, 0.15) is 35.4 Å². The summed E-state index contributed by atoms with van der Waals surface area (Å²) in [5.41, 5.74) is 2.36. The fourth-order valence-electron chi connectivity index (χ4n) is 4.09. The lowest BCUT2D eigenvalue weighted by molar-refractivity contribution is 0.102. The summed E-state index contributed by atoms with van der Waals surface area (Å²) in [4.78, 5) is 17.9. The number of carbonyl (C=O) groups is 1. The van der Waals surface area contributed by atoms with Crippen molar-refractivity contribution < 1.29 is 23.4 Å². The van der Waals surface area contributed by atoms with Crippen LogP contribution in [0.3, 0.4) is 0 Å². The van der Waals surface area contributed by atoms with Crippen LogP contribution in [0.4, 0.5) is 10.1 Å². The third-order valence-corrected chi connectivity index (χ3v) is 5.59.